The average Bonchev–Trinajstić information content (AvgIpc) is 2.39. The van der Waals surface area contributed by atoms with Crippen LogP contribution in [0, 0.1) is 0 Å². The maximum absolute atomic E-state index is 10.6. The van der Waals surface area contributed by atoms with Crippen LogP contribution in [0.3, 0.4) is 0 Å². The highest BCUT2D eigenvalue weighted by molar-refractivity contribution is 5.72. The van der Waals surface area contributed by atoms with Crippen LogP contribution in [0.15, 0.2) is 0 Å². The molecular weight excluding hydrogens is 176 g/mol. The maximum Gasteiger partial charge on any atom is 0.333 e. The predicted octanol–water partition coefficient (Wildman–Crippen LogP) is 0.337. The molecule has 0 aromatic carbocycles. The molecule has 5 nitrogen and oxygen atoms in total. The van der Waals surface area contributed by atoms with Crippen LogP contribution in [0.1, 0.15) is 20.3 Å². The van der Waals surface area contributed by atoms with Crippen molar-refractivity contribution in [1.29, 1.82) is 0 Å². The highest BCUT2D eigenvalue weighted by Crippen LogP contribution is 2.36. The first kappa shape index (κ1) is 8.93. The monoisotopic (exact) mass is 188 g/mol. The normalized spacial score (nSPS) is 41.8. The first-order valence-electron chi connectivity index (χ1n) is 4.22. The van der Waals surface area contributed by atoms with Crippen molar-refractivity contribution in [1.82, 2.24) is 0 Å². The van der Waals surface area contributed by atoms with Gasteiger partial charge in [-0.25, -0.2) is 4.79 Å². The molecule has 0 unspecified atom stereocenters. The molecule has 2 saturated heterocycles. The Bertz CT molecular complexity index is 221. The standard InChI is InChI=1S/C8H12O5/c1-8(2)12-5-3-4(6(9)10)11-7(5)13-8/h4-5,7H,3H2,1-2H3,(H,9,10)/t4-,5+,7+/m0/s1. The molecule has 0 amide bonds. The molecule has 74 valence electrons. The van der Waals surface area contributed by atoms with E-state index in [2.05, 4.69) is 0 Å². The third-order valence-corrected chi connectivity index (χ3v) is 2.16. The minimum atomic E-state index is -0.959. The molecule has 0 spiro atoms. The van der Waals surface area contributed by atoms with Gasteiger partial charge in [-0.1, -0.05) is 0 Å². The van der Waals surface area contributed by atoms with Gasteiger partial charge in [0, 0.05) is 6.42 Å². The number of carboxylic acid groups (broad SMARTS) is 1. The lowest BCUT2D eigenvalue weighted by molar-refractivity contribution is -0.209. The van der Waals surface area contributed by atoms with E-state index in [1.807, 2.05) is 0 Å². The van der Waals surface area contributed by atoms with Gasteiger partial charge in [0.05, 0.1) is 0 Å². The fourth-order valence-electron chi connectivity index (χ4n) is 1.67. The molecule has 1 N–H and O–H groups in total. The van der Waals surface area contributed by atoms with Crippen LogP contribution in [0.25, 0.3) is 0 Å². The van der Waals surface area contributed by atoms with Crippen molar-refractivity contribution in [3.63, 3.8) is 0 Å². The SMILES string of the molecule is CC1(C)O[C@H]2O[C@H](C(=O)O)C[C@H]2O1. The van der Waals surface area contributed by atoms with E-state index in [1.165, 1.54) is 0 Å². The van der Waals surface area contributed by atoms with Crippen molar-refractivity contribution in [3.05, 3.63) is 0 Å². The van der Waals surface area contributed by atoms with Crippen LogP contribution in [0.2, 0.25) is 0 Å². The average molecular weight is 188 g/mol. The number of hydrogen-bond acceptors (Lipinski definition) is 4. The zero-order valence-corrected chi connectivity index (χ0v) is 7.52. The second kappa shape index (κ2) is 2.67. The van der Waals surface area contributed by atoms with Crippen LogP contribution in [-0.2, 0) is 19.0 Å². The summed E-state index contributed by atoms with van der Waals surface area (Å²) in [6, 6.07) is 0. The number of ether oxygens (including phenoxy) is 3. The largest absolute Gasteiger partial charge is 0.479 e. The van der Waals surface area contributed by atoms with E-state index in [-0.39, 0.29) is 6.10 Å². The molecule has 2 fully saturated rings. The fraction of sp³-hybridized carbons (Fsp3) is 0.875. The molecule has 0 aromatic heterocycles. The van der Waals surface area contributed by atoms with Gasteiger partial charge in [-0.2, -0.15) is 0 Å². The highest BCUT2D eigenvalue weighted by Gasteiger charge is 2.50. The highest BCUT2D eigenvalue weighted by atomic mass is 16.8. The topological polar surface area (TPSA) is 65.0 Å². The Morgan fingerprint density at radius 2 is 2.15 bits per heavy atom. The molecule has 2 heterocycles. The summed E-state index contributed by atoms with van der Waals surface area (Å²) in [5.41, 5.74) is 0. The van der Waals surface area contributed by atoms with Gasteiger partial charge in [0.25, 0.3) is 0 Å². The fourth-order valence-corrected chi connectivity index (χ4v) is 1.67. The summed E-state index contributed by atoms with van der Waals surface area (Å²) in [5.74, 6) is -1.61. The van der Waals surface area contributed by atoms with E-state index in [0.717, 1.165) is 0 Å². The molecule has 2 rings (SSSR count). The van der Waals surface area contributed by atoms with E-state index >= 15 is 0 Å². The van der Waals surface area contributed by atoms with E-state index in [1.54, 1.807) is 13.8 Å². The van der Waals surface area contributed by atoms with E-state index in [9.17, 15) is 4.79 Å². The zero-order chi connectivity index (χ0) is 9.64. The van der Waals surface area contributed by atoms with E-state index < -0.39 is 24.2 Å². The third-order valence-electron chi connectivity index (χ3n) is 2.16. The smallest absolute Gasteiger partial charge is 0.333 e. The van der Waals surface area contributed by atoms with Gasteiger partial charge in [-0.15, -0.1) is 0 Å². The molecule has 2 aliphatic rings. The van der Waals surface area contributed by atoms with E-state index in [4.69, 9.17) is 19.3 Å². The zero-order valence-electron chi connectivity index (χ0n) is 7.52. The summed E-state index contributed by atoms with van der Waals surface area (Å²) < 4.78 is 15.9. The minimum absolute atomic E-state index is 0.240. The summed E-state index contributed by atoms with van der Waals surface area (Å²) in [4.78, 5) is 10.6. The number of aliphatic carboxylic acids is 1. The predicted molar refractivity (Wildman–Crippen MR) is 41.0 cm³/mol. The van der Waals surface area contributed by atoms with Crippen LogP contribution >= 0.6 is 0 Å². The van der Waals surface area contributed by atoms with Crippen LogP contribution in [-0.4, -0.2) is 35.4 Å². The van der Waals surface area contributed by atoms with Gasteiger partial charge in [-0.3, -0.25) is 0 Å². The molecule has 0 aliphatic carbocycles. The lowest BCUT2D eigenvalue weighted by Gasteiger charge is -2.18. The molecule has 0 aromatic rings. The van der Waals surface area contributed by atoms with Crippen molar-refractivity contribution >= 4 is 5.97 Å². The van der Waals surface area contributed by atoms with Gasteiger partial charge >= 0.3 is 5.97 Å². The van der Waals surface area contributed by atoms with Crippen molar-refractivity contribution in [2.75, 3.05) is 0 Å². The Labute approximate surface area is 75.6 Å². The second-order valence-corrected chi connectivity index (χ2v) is 3.74. The Morgan fingerprint density at radius 3 is 2.69 bits per heavy atom. The number of rotatable bonds is 1. The van der Waals surface area contributed by atoms with Crippen molar-refractivity contribution in [2.24, 2.45) is 0 Å². The molecule has 0 saturated carbocycles. The number of hydrogen-bond donors (Lipinski definition) is 1. The number of carbonyl (C=O) groups is 1. The Balaban J connectivity index is 2.01. The lowest BCUT2D eigenvalue weighted by atomic mass is 10.2. The van der Waals surface area contributed by atoms with Crippen LogP contribution in [0.4, 0.5) is 0 Å². The van der Waals surface area contributed by atoms with Gasteiger partial charge < -0.3 is 19.3 Å². The van der Waals surface area contributed by atoms with Gasteiger partial charge in [0.1, 0.15) is 6.10 Å². The van der Waals surface area contributed by atoms with Crippen molar-refractivity contribution < 1.29 is 24.1 Å². The maximum atomic E-state index is 10.6. The van der Waals surface area contributed by atoms with E-state index in [0.29, 0.717) is 6.42 Å². The first-order chi connectivity index (χ1) is 5.98. The number of fused-ring (bicyclic) bond motifs is 1. The number of carboxylic acids is 1. The Morgan fingerprint density at radius 1 is 1.46 bits per heavy atom. The van der Waals surface area contributed by atoms with Crippen LogP contribution < -0.4 is 0 Å². The molecule has 2 aliphatic heterocycles. The minimum Gasteiger partial charge on any atom is -0.479 e. The van der Waals surface area contributed by atoms with Gasteiger partial charge in [0.15, 0.2) is 18.2 Å². The molecule has 0 radical (unpaired) electrons. The third kappa shape index (κ3) is 1.54. The summed E-state index contributed by atoms with van der Waals surface area (Å²) >= 11 is 0. The summed E-state index contributed by atoms with van der Waals surface area (Å²) in [6.45, 7) is 3.56. The summed E-state index contributed by atoms with van der Waals surface area (Å²) in [7, 11) is 0. The molecule has 0 bridgehead atoms. The summed E-state index contributed by atoms with van der Waals surface area (Å²) in [5, 5.41) is 8.66. The second-order valence-electron chi connectivity index (χ2n) is 3.74. The molecule has 13 heavy (non-hydrogen) atoms. The quantitative estimate of drug-likeness (QED) is 0.642. The van der Waals surface area contributed by atoms with Crippen LogP contribution in [0.5, 0.6) is 0 Å². The van der Waals surface area contributed by atoms with Crippen molar-refractivity contribution in [3.8, 4) is 0 Å². The Kier molecular flexibility index (Phi) is 1.83. The van der Waals surface area contributed by atoms with Crippen molar-refractivity contribution in [2.45, 2.75) is 44.6 Å². The summed E-state index contributed by atoms with van der Waals surface area (Å²) in [6.07, 6.45) is -1.18. The molecule has 5 heteroatoms. The van der Waals surface area contributed by atoms with Gasteiger partial charge in [0.2, 0.25) is 0 Å². The van der Waals surface area contributed by atoms with Gasteiger partial charge in [-0.05, 0) is 13.8 Å². The lowest BCUT2D eigenvalue weighted by Crippen LogP contribution is -2.27. The first-order valence-corrected chi connectivity index (χ1v) is 4.22. The Hall–Kier alpha value is -0.650. The molecular formula is C8H12O5. The molecule has 3 atom stereocenters.